The molecule has 1 aliphatic heterocycles. The number of anilines is 1. The Bertz CT molecular complexity index is 1190. The number of fused-ring (bicyclic) bond motifs is 1. The van der Waals surface area contributed by atoms with Crippen LogP contribution < -0.4 is 10.6 Å². The topological polar surface area (TPSA) is 117 Å². The lowest BCUT2D eigenvalue weighted by molar-refractivity contribution is -0.142. The van der Waals surface area contributed by atoms with E-state index < -0.39 is 30.2 Å². The number of methoxy groups -OCH3 is 1. The average molecular weight is 590 g/mol. The number of hydrogen-bond donors (Lipinski definition) is 3. The number of nitrogens with zero attached hydrogens (tertiary/aromatic N) is 3. The van der Waals surface area contributed by atoms with E-state index in [-0.39, 0.29) is 12.3 Å². The minimum atomic E-state index is -1.10. The molecular formula is C30H41ClFN5O4. The number of alkyl halides is 1. The lowest BCUT2D eigenvalue weighted by Crippen LogP contribution is -2.48. The van der Waals surface area contributed by atoms with Crippen molar-refractivity contribution >= 4 is 29.3 Å². The Morgan fingerprint density at radius 3 is 2.76 bits per heavy atom. The summed E-state index contributed by atoms with van der Waals surface area (Å²) in [4.78, 5) is 36.4. The van der Waals surface area contributed by atoms with Gasteiger partial charge in [-0.25, -0.2) is 14.2 Å². The third-order valence-corrected chi connectivity index (χ3v) is 8.45. The van der Waals surface area contributed by atoms with Crippen LogP contribution in [0.25, 0.3) is 0 Å². The number of carboxylic acid groups (broad SMARTS) is 1. The molecule has 2 aromatic heterocycles. The van der Waals surface area contributed by atoms with E-state index in [0.717, 1.165) is 55.7 Å². The van der Waals surface area contributed by atoms with Gasteiger partial charge in [-0.2, -0.15) is 0 Å². The zero-order chi connectivity index (χ0) is 29.4. The number of aromatic nitrogens is 2. The number of hydrogen-bond acceptors (Lipinski definition) is 7. The highest BCUT2D eigenvalue weighted by Gasteiger charge is 2.53. The summed E-state index contributed by atoms with van der Waals surface area (Å²) in [5.41, 5.74) is 2.99. The molecule has 224 valence electrons. The van der Waals surface area contributed by atoms with Crippen molar-refractivity contribution in [1.29, 1.82) is 0 Å². The number of ether oxygens (including phenoxy) is 1. The van der Waals surface area contributed by atoms with Gasteiger partial charge in [0.25, 0.3) is 0 Å². The lowest BCUT2D eigenvalue weighted by Gasteiger charge is -2.28. The standard InChI is InChI=1S/C30H41ClFN5O4/c1-20-17-33-18-24(31)26(20)30(11-12-30)29(40)36-25(28(38)39)10-15-37(19-23(16-32)41-2)14-4-3-7-22-9-8-21-6-5-13-34-27(21)35-22/h8-9,17-18,23,25H,3-7,10-16,19H2,1-2H3,(H,34,35)(H,36,40)(H,38,39)/t23-,25+/m1/s1. The van der Waals surface area contributed by atoms with Crippen molar-refractivity contribution in [3.05, 3.63) is 51.9 Å². The Labute approximate surface area is 246 Å². The Kier molecular flexibility index (Phi) is 10.9. The average Bonchev–Trinajstić information content (AvgIpc) is 3.77. The number of carbonyl (C=O) groups excluding carboxylic acids is 1. The third kappa shape index (κ3) is 7.93. The molecule has 41 heavy (non-hydrogen) atoms. The number of rotatable bonds is 16. The fraction of sp³-hybridized carbons (Fsp3) is 0.600. The zero-order valence-corrected chi connectivity index (χ0v) is 24.7. The molecule has 9 nitrogen and oxygen atoms in total. The SMILES string of the molecule is CO[C@H](CF)CN(CCCCc1ccc2c(n1)NCCC2)CC[C@H](NC(=O)C1(c2c(C)cncc2Cl)CC1)C(=O)O. The maximum absolute atomic E-state index is 13.5. The van der Waals surface area contributed by atoms with Crippen molar-refractivity contribution < 1.29 is 23.8 Å². The lowest BCUT2D eigenvalue weighted by atomic mass is 9.91. The number of pyridine rings is 2. The Morgan fingerprint density at radius 1 is 1.27 bits per heavy atom. The number of halogens is 2. The van der Waals surface area contributed by atoms with Crippen LogP contribution in [0.4, 0.5) is 10.2 Å². The van der Waals surface area contributed by atoms with E-state index in [4.69, 9.17) is 21.3 Å². The molecule has 4 rings (SSSR count). The zero-order valence-electron chi connectivity index (χ0n) is 23.9. The number of carboxylic acids is 1. The van der Waals surface area contributed by atoms with Gasteiger partial charge in [0.05, 0.1) is 16.5 Å². The van der Waals surface area contributed by atoms with Crippen molar-refractivity contribution in [2.75, 3.05) is 45.3 Å². The number of aliphatic carboxylic acids is 1. The van der Waals surface area contributed by atoms with Gasteiger partial charge in [0.2, 0.25) is 5.91 Å². The summed E-state index contributed by atoms with van der Waals surface area (Å²) < 4.78 is 18.8. The quantitative estimate of drug-likeness (QED) is 0.251. The first kappa shape index (κ1) is 31.1. The molecule has 1 fully saturated rings. The minimum absolute atomic E-state index is 0.182. The first-order valence-electron chi connectivity index (χ1n) is 14.5. The molecule has 1 amide bonds. The van der Waals surface area contributed by atoms with Crippen LogP contribution in [0.1, 0.15) is 60.9 Å². The van der Waals surface area contributed by atoms with E-state index in [9.17, 15) is 19.1 Å². The van der Waals surface area contributed by atoms with Gasteiger partial charge in [0, 0.05) is 44.8 Å². The van der Waals surface area contributed by atoms with Gasteiger partial charge in [0.1, 0.15) is 18.5 Å². The van der Waals surface area contributed by atoms with Crippen molar-refractivity contribution in [3.63, 3.8) is 0 Å². The van der Waals surface area contributed by atoms with Gasteiger partial charge in [0.15, 0.2) is 0 Å². The van der Waals surface area contributed by atoms with Crippen LogP contribution in [-0.2, 0) is 32.6 Å². The van der Waals surface area contributed by atoms with Crippen LogP contribution in [0.5, 0.6) is 0 Å². The first-order valence-corrected chi connectivity index (χ1v) is 14.8. The van der Waals surface area contributed by atoms with Crippen molar-refractivity contribution in [1.82, 2.24) is 20.2 Å². The molecule has 0 bridgehead atoms. The molecule has 2 aromatic rings. The Balaban J connectivity index is 1.33. The van der Waals surface area contributed by atoms with Crippen LogP contribution in [0.3, 0.4) is 0 Å². The van der Waals surface area contributed by atoms with Gasteiger partial charge in [-0.15, -0.1) is 0 Å². The first-order chi connectivity index (χ1) is 19.8. The number of carbonyl (C=O) groups is 2. The molecule has 1 aliphatic carbocycles. The summed E-state index contributed by atoms with van der Waals surface area (Å²) >= 11 is 6.39. The monoisotopic (exact) mass is 589 g/mol. The predicted molar refractivity (Wildman–Crippen MR) is 156 cm³/mol. The van der Waals surface area contributed by atoms with E-state index in [2.05, 4.69) is 27.8 Å². The molecule has 3 heterocycles. The van der Waals surface area contributed by atoms with Crippen molar-refractivity contribution in [3.8, 4) is 0 Å². The second kappa shape index (κ2) is 14.4. The molecule has 0 unspecified atom stereocenters. The molecule has 0 aromatic carbocycles. The van der Waals surface area contributed by atoms with Gasteiger partial charge < -0.3 is 25.4 Å². The van der Waals surface area contributed by atoms with Gasteiger partial charge in [-0.1, -0.05) is 17.7 Å². The van der Waals surface area contributed by atoms with Gasteiger partial charge >= 0.3 is 5.97 Å². The molecule has 1 saturated carbocycles. The van der Waals surface area contributed by atoms with E-state index in [1.165, 1.54) is 18.9 Å². The van der Waals surface area contributed by atoms with E-state index >= 15 is 0 Å². The summed E-state index contributed by atoms with van der Waals surface area (Å²) in [7, 11) is 1.47. The predicted octanol–water partition coefficient (Wildman–Crippen LogP) is 4.10. The molecule has 3 N–H and O–H groups in total. The second-order valence-electron chi connectivity index (χ2n) is 11.2. The van der Waals surface area contributed by atoms with Crippen LogP contribution in [0.15, 0.2) is 24.5 Å². The second-order valence-corrected chi connectivity index (χ2v) is 11.6. The number of nitrogens with one attached hydrogen (secondary N) is 2. The largest absolute Gasteiger partial charge is 0.480 e. The minimum Gasteiger partial charge on any atom is -0.480 e. The molecule has 0 radical (unpaired) electrons. The molecule has 2 aliphatic rings. The summed E-state index contributed by atoms with van der Waals surface area (Å²) in [5, 5.41) is 16.5. The summed E-state index contributed by atoms with van der Waals surface area (Å²) in [6.07, 6.45) is 8.68. The van der Waals surface area contributed by atoms with E-state index in [1.54, 1.807) is 6.20 Å². The van der Waals surface area contributed by atoms with Crippen molar-refractivity contribution in [2.45, 2.75) is 75.9 Å². The highest BCUT2D eigenvalue weighted by atomic mass is 35.5. The fourth-order valence-electron chi connectivity index (χ4n) is 5.64. The molecule has 11 heteroatoms. The maximum Gasteiger partial charge on any atom is 0.326 e. The summed E-state index contributed by atoms with van der Waals surface area (Å²) in [5.74, 6) is -0.455. The Morgan fingerprint density at radius 2 is 2.07 bits per heavy atom. The smallest absolute Gasteiger partial charge is 0.326 e. The molecule has 2 atom stereocenters. The van der Waals surface area contributed by atoms with Gasteiger partial charge in [-0.05, 0) is 87.6 Å². The van der Waals surface area contributed by atoms with Crippen molar-refractivity contribution in [2.24, 2.45) is 0 Å². The normalized spacial score (nSPS) is 16.9. The fourth-order valence-corrected chi connectivity index (χ4v) is 6.02. The molecular weight excluding hydrogens is 549 g/mol. The summed E-state index contributed by atoms with van der Waals surface area (Å²) in [6, 6.07) is 3.15. The third-order valence-electron chi connectivity index (χ3n) is 8.17. The van der Waals surface area contributed by atoms with Crippen LogP contribution in [-0.4, -0.2) is 84.0 Å². The summed E-state index contributed by atoms with van der Waals surface area (Å²) in [6.45, 7) is 3.53. The molecule has 0 saturated heterocycles. The van der Waals surface area contributed by atoms with Crippen LogP contribution >= 0.6 is 11.6 Å². The number of unbranched alkanes of at least 4 members (excludes halogenated alkanes) is 1. The van der Waals surface area contributed by atoms with Gasteiger partial charge in [-0.3, -0.25) is 9.78 Å². The Hall–Kier alpha value is -2.82. The number of aryl methyl sites for hydroxylation is 3. The molecule has 0 spiro atoms. The van der Waals surface area contributed by atoms with E-state index in [1.807, 2.05) is 11.8 Å². The highest BCUT2D eigenvalue weighted by molar-refractivity contribution is 6.31. The maximum atomic E-state index is 13.5. The van der Waals surface area contributed by atoms with Crippen LogP contribution in [0.2, 0.25) is 5.02 Å². The highest BCUT2D eigenvalue weighted by Crippen LogP contribution is 2.51. The van der Waals surface area contributed by atoms with Crippen LogP contribution in [0, 0.1) is 6.92 Å². The van der Waals surface area contributed by atoms with E-state index in [0.29, 0.717) is 43.1 Å². The number of amides is 1.